The van der Waals surface area contributed by atoms with E-state index in [-0.39, 0.29) is 11.3 Å². The van der Waals surface area contributed by atoms with E-state index in [2.05, 4.69) is 0 Å². The van der Waals surface area contributed by atoms with Crippen molar-refractivity contribution in [1.82, 2.24) is 0 Å². The first-order valence-electron chi connectivity index (χ1n) is 5.86. The normalized spacial score (nSPS) is 10.3. The predicted octanol–water partition coefficient (Wildman–Crippen LogP) is 4.24. The molecule has 0 spiro atoms. The van der Waals surface area contributed by atoms with Crippen LogP contribution in [0.4, 0.5) is 5.69 Å². The van der Waals surface area contributed by atoms with Crippen LogP contribution in [0.25, 0.3) is 0 Å². The van der Waals surface area contributed by atoms with E-state index < -0.39 is 10.9 Å². The van der Waals surface area contributed by atoms with Crippen LogP contribution in [-0.2, 0) is 5.75 Å². The third kappa shape index (κ3) is 3.96. The van der Waals surface area contributed by atoms with Crippen LogP contribution in [0.5, 0.6) is 0 Å². The molecule has 0 heterocycles. The Bertz CT molecular complexity index is 688. The van der Waals surface area contributed by atoms with Crippen molar-refractivity contribution in [3.05, 3.63) is 68.7 Å². The highest BCUT2D eigenvalue weighted by atomic mass is 35.5. The van der Waals surface area contributed by atoms with Crippen molar-refractivity contribution in [2.24, 2.45) is 0 Å². The van der Waals surface area contributed by atoms with Gasteiger partial charge in [-0.25, -0.2) is 4.79 Å². The van der Waals surface area contributed by atoms with Gasteiger partial charge in [-0.2, -0.15) is 0 Å². The molecule has 0 fully saturated rings. The van der Waals surface area contributed by atoms with E-state index in [1.54, 1.807) is 24.3 Å². The second kappa shape index (κ2) is 6.60. The summed E-state index contributed by atoms with van der Waals surface area (Å²) in [5.74, 6) is -0.584. The van der Waals surface area contributed by atoms with Gasteiger partial charge in [0.25, 0.3) is 5.69 Å². The number of thioether (sulfide) groups is 1. The van der Waals surface area contributed by atoms with E-state index >= 15 is 0 Å². The summed E-state index contributed by atoms with van der Waals surface area (Å²) in [7, 11) is 0. The molecule has 2 aromatic rings. The third-order valence-electron chi connectivity index (χ3n) is 2.74. The Morgan fingerprint density at radius 2 is 1.90 bits per heavy atom. The molecule has 108 valence electrons. The number of nitro groups is 1. The molecule has 0 aromatic heterocycles. The van der Waals surface area contributed by atoms with Crippen LogP contribution < -0.4 is 0 Å². The molecule has 0 aliphatic rings. The van der Waals surface area contributed by atoms with Crippen molar-refractivity contribution in [3.8, 4) is 0 Å². The summed E-state index contributed by atoms with van der Waals surface area (Å²) in [5.41, 5.74) is 0.755. The first-order chi connectivity index (χ1) is 9.97. The van der Waals surface area contributed by atoms with Crippen molar-refractivity contribution >= 4 is 35.0 Å². The topological polar surface area (TPSA) is 80.4 Å². The molecular weight excluding hydrogens is 314 g/mol. The number of halogens is 1. The third-order valence-corrected chi connectivity index (χ3v) is 4.04. The molecule has 7 heteroatoms. The van der Waals surface area contributed by atoms with Gasteiger partial charge in [-0.3, -0.25) is 10.1 Å². The van der Waals surface area contributed by atoms with Crippen molar-refractivity contribution in [2.45, 2.75) is 10.6 Å². The van der Waals surface area contributed by atoms with Gasteiger partial charge in [-0.1, -0.05) is 11.6 Å². The summed E-state index contributed by atoms with van der Waals surface area (Å²) in [4.78, 5) is 22.1. The van der Waals surface area contributed by atoms with E-state index in [0.717, 1.165) is 4.90 Å². The lowest BCUT2D eigenvalue weighted by atomic mass is 10.2. The van der Waals surface area contributed by atoms with Gasteiger partial charge in [-0.15, -0.1) is 11.8 Å². The van der Waals surface area contributed by atoms with Crippen LogP contribution in [0.3, 0.4) is 0 Å². The van der Waals surface area contributed by atoms with Crippen molar-refractivity contribution in [3.63, 3.8) is 0 Å². The van der Waals surface area contributed by atoms with Crippen LogP contribution >= 0.6 is 23.4 Å². The minimum atomic E-state index is -0.986. The summed E-state index contributed by atoms with van der Waals surface area (Å²) in [6.07, 6.45) is 0. The molecule has 0 radical (unpaired) electrons. The molecule has 2 rings (SSSR count). The molecule has 0 aliphatic carbocycles. The second-order valence-electron chi connectivity index (χ2n) is 4.15. The summed E-state index contributed by atoms with van der Waals surface area (Å²) in [6, 6.07) is 10.9. The Hall–Kier alpha value is -2.05. The molecule has 21 heavy (non-hydrogen) atoms. The fourth-order valence-corrected chi connectivity index (χ4v) is 2.74. The Kier molecular flexibility index (Phi) is 4.82. The van der Waals surface area contributed by atoms with Gasteiger partial charge in [0, 0.05) is 27.3 Å². The number of benzene rings is 2. The smallest absolute Gasteiger partial charge is 0.335 e. The number of rotatable bonds is 5. The van der Waals surface area contributed by atoms with E-state index in [1.165, 1.54) is 30.0 Å². The Balaban J connectivity index is 2.13. The summed E-state index contributed by atoms with van der Waals surface area (Å²) >= 11 is 7.15. The van der Waals surface area contributed by atoms with Crippen molar-refractivity contribution in [2.75, 3.05) is 0 Å². The Morgan fingerprint density at radius 3 is 2.48 bits per heavy atom. The Morgan fingerprint density at radius 1 is 1.24 bits per heavy atom. The predicted molar refractivity (Wildman–Crippen MR) is 81.1 cm³/mol. The van der Waals surface area contributed by atoms with Crippen molar-refractivity contribution in [1.29, 1.82) is 0 Å². The first-order valence-corrected chi connectivity index (χ1v) is 7.22. The molecular formula is C14H10ClNO4S. The average molecular weight is 324 g/mol. The second-order valence-corrected chi connectivity index (χ2v) is 5.63. The zero-order chi connectivity index (χ0) is 15.4. The standard InChI is InChI=1S/C14H10ClNO4S/c15-11-4-1-10(13(7-11)16(19)20)8-21-12-5-2-9(3-6-12)14(17)18/h1-7H,8H2,(H,17,18). The maximum absolute atomic E-state index is 11.0. The zero-order valence-electron chi connectivity index (χ0n) is 10.7. The fraction of sp³-hybridized carbons (Fsp3) is 0.0714. The zero-order valence-corrected chi connectivity index (χ0v) is 12.2. The lowest BCUT2D eigenvalue weighted by Gasteiger charge is -2.04. The van der Waals surface area contributed by atoms with E-state index in [4.69, 9.17) is 16.7 Å². The van der Waals surface area contributed by atoms with Crippen LogP contribution in [0.15, 0.2) is 47.4 Å². The van der Waals surface area contributed by atoms with Crippen LogP contribution in [0.2, 0.25) is 5.02 Å². The van der Waals surface area contributed by atoms with Gasteiger partial charge >= 0.3 is 5.97 Å². The maximum atomic E-state index is 11.0. The minimum absolute atomic E-state index is 0.0165. The van der Waals surface area contributed by atoms with Gasteiger partial charge in [0.05, 0.1) is 10.5 Å². The van der Waals surface area contributed by atoms with Crippen molar-refractivity contribution < 1.29 is 14.8 Å². The summed E-state index contributed by atoms with van der Waals surface area (Å²) < 4.78 is 0. The molecule has 2 aromatic carbocycles. The number of nitrogens with zero attached hydrogens (tertiary/aromatic N) is 1. The molecule has 0 aliphatic heterocycles. The largest absolute Gasteiger partial charge is 0.478 e. The highest BCUT2D eigenvalue weighted by molar-refractivity contribution is 7.98. The number of nitro benzene ring substituents is 1. The lowest BCUT2D eigenvalue weighted by Crippen LogP contribution is -1.95. The number of hydrogen-bond donors (Lipinski definition) is 1. The first kappa shape index (κ1) is 15.3. The molecule has 0 atom stereocenters. The monoisotopic (exact) mass is 323 g/mol. The van der Waals surface area contributed by atoms with Gasteiger partial charge in [0.2, 0.25) is 0 Å². The summed E-state index contributed by atoms with van der Waals surface area (Å²) in [6.45, 7) is 0. The van der Waals surface area contributed by atoms with Crippen LogP contribution in [0, 0.1) is 10.1 Å². The highest BCUT2D eigenvalue weighted by Crippen LogP contribution is 2.30. The SMILES string of the molecule is O=C(O)c1ccc(SCc2ccc(Cl)cc2[N+](=O)[O-])cc1. The fourth-order valence-electron chi connectivity index (χ4n) is 1.68. The molecule has 5 nitrogen and oxygen atoms in total. The Labute approximate surface area is 129 Å². The lowest BCUT2D eigenvalue weighted by molar-refractivity contribution is -0.385. The van der Waals surface area contributed by atoms with E-state index in [0.29, 0.717) is 16.3 Å². The van der Waals surface area contributed by atoms with Crippen LogP contribution in [-0.4, -0.2) is 16.0 Å². The molecule has 1 N–H and O–H groups in total. The number of aromatic carboxylic acids is 1. The number of carboxylic acid groups (broad SMARTS) is 1. The van der Waals surface area contributed by atoms with Gasteiger partial charge in [0.15, 0.2) is 0 Å². The molecule has 0 unspecified atom stereocenters. The van der Waals surface area contributed by atoms with Gasteiger partial charge < -0.3 is 5.11 Å². The minimum Gasteiger partial charge on any atom is -0.478 e. The average Bonchev–Trinajstić information content (AvgIpc) is 2.46. The van der Waals surface area contributed by atoms with E-state index in [9.17, 15) is 14.9 Å². The van der Waals surface area contributed by atoms with Gasteiger partial charge in [0.1, 0.15) is 0 Å². The summed E-state index contributed by atoms with van der Waals surface area (Å²) in [5, 5.41) is 20.1. The molecule has 0 saturated heterocycles. The number of carbonyl (C=O) groups is 1. The van der Waals surface area contributed by atoms with Gasteiger partial charge in [-0.05, 0) is 36.4 Å². The molecule has 0 amide bonds. The van der Waals surface area contributed by atoms with Crippen LogP contribution in [0.1, 0.15) is 15.9 Å². The molecule has 0 bridgehead atoms. The highest BCUT2D eigenvalue weighted by Gasteiger charge is 2.14. The molecule has 0 saturated carbocycles. The quantitative estimate of drug-likeness (QED) is 0.505. The number of carboxylic acids is 1. The van der Waals surface area contributed by atoms with E-state index in [1.807, 2.05) is 0 Å². The maximum Gasteiger partial charge on any atom is 0.335 e. The number of hydrogen-bond acceptors (Lipinski definition) is 4.